The van der Waals surface area contributed by atoms with Crippen LogP contribution in [0.3, 0.4) is 0 Å². The summed E-state index contributed by atoms with van der Waals surface area (Å²) in [6, 6.07) is 0. The molecule has 3 N–H and O–H groups in total. The second-order valence-corrected chi connectivity index (χ2v) is 3.72. The van der Waals surface area contributed by atoms with Crippen LogP contribution >= 0.6 is 0 Å². The maximum atomic E-state index is 9.51. The second-order valence-electron chi connectivity index (χ2n) is 3.72. The lowest BCUT2D eigenvalue weighted by molar-refractivity contribution is 0.0311. The van der Waals surface area contributed by atoms with Crippen LogP contribution < -0.4 is 5.73 Å². The van der Waals surface area contributed by atoms with Gasteiger partial charge in [-0.3, -0.25) is 0 Å². The van der Waals surface area contributed by atoms with Gasteiger partial charge in [-0.25, -0.2) is 0 Å². The third kappa shape index (κ3) is 6.58. The number of hydrogen-bond donors (Lipinski definition) is 2. The summed E-state index contributed by atoms with van der Waals surface area (Å²) in [7, 11) is 0. The van der Waals surface area contributed by atoms with Crippen molar-refractivity contribution in [2.75, 3.05) is 13.2 Å². The highest BCUT2D eigenvalue weighted by molar-refractivity contribution is 4.72. The molecule has 0 aliphatic carbocycles. The standard InChI is InChI=1S/C9H21NO2/c1-8(2)12-6-4-5-9(3,11)7-10/h8,11H,4-7,10H2,1-3H3. The monoisotopic (exact) mass is 175 g/mol. The van der Waals surface area contributed by atoms with E-state index in [4.69, 9.17) is 10.5 Å². The molecule has 0 saturated carbocycles. The van der Waals surface area contributed by atoms with Gasteiger partial charge in [-0.05, 0) is 33.6 Å². The molecule has 0 amide bonds. The lowest BCUT2D eigenvalue weighted by Gasteiger charge is -2.20. The molecule has 0 aromatic heterocycles. The minimum atomic E-state index is -0.722. The van der Waals surface area contributed by atoms with Crippen LogP contribution in [-0.2, 0) is 4.74 Å². The van der Waals surface area contributed by atoms with Crippen molar-refractivity contribution in [3.63, 3.8) is 0 Å². The van der Waals surface area contributed by atoms with E-state index in [-0.39, 0.29) is 6.10 Å². The minimum Gasteiger partial charge on any atom is -0.389 e. The molecular formula is C9H21NO2. The number of hydrogen-bond acceptors (Lipinski definition) is 3. The van der Waals surface area contributed by atoms with Crippen molar-refractivity contribution in [1.82, 2.24) is 0 Å². The Kier molecular flexibility index (Phi) is 5.46. The van der Waals surface area contributed by atoms with E-state index in [0.29, 0.717) is 19.6 Å². The van der Waals surface area contributed by atoms with Crippen molar-refractivity contribution in [3.8, 4) is 0 Å². The zero-order valence-corrected chi connectivity index (χ0v) is 8.34. The van der Waals surface area contributed by atoms with Gasteiger partial charge >= 0.3 is 0 Å². The number of aliphatic hydroxyl groups is 1. The zero-order chi connectivity index (χ0) is 9.61. The van der Waals surface area contributed by atoms with Gasteiger partial charge in [0.2, 0.25) is 0 Å². The molecule has 1 unspecified atom stereocenters. The van der Waals surface area contributed by atoms with Crippen molar-refractivity contribution in [3.05, 3.63) is 0 Å². The van der Waals surface area contributed by atoms with E-state index in [2.05, 4.69) is 0 Å². The van der Waals surface area contributed by atoms with Crippen LogP contribution in [-0.4, -0.2) is 30.0 Å². The predicted octanol–water partition coefficient (Wildman–Crippen LogP) is 0.901. The number of rotatable bonds is 6. The van der Waals surface area contributed by atoms with E-state index in [1.54, 1.807) is 6.92 Å². The Labute approximate surface area is 74.9 Å². The summed E-state index contributed by atoms with van der Waals surface area (Å²) in [4.78, 5) is 0. The van der Waals surface area contributed by atoms with E-state index in [0.717, 1.165) is 6.42 Å². The minimum absolute atomic E-state index is 0.271. The fraction of sp³-hybridized carbons (Fsp3) is 1.00. The first-order valence-corrected chi connectivity index (χ1v) is 4.52. The number of nitrogens with two attached hydrogens (primary N) is 1. The molecule has 0 spiro atoms. The molecule has 0 aromatic carbocycles. The molecule has 74 valence electrons. The summed E-state index contributed by atoms with van der Waals surface area (Å²) >= 11 is 0. The summed E-state index contributed by atoms with van der Waals surface area (Å²) < 4.78 is 5.33. The molecule has 1 atom stereocenters. The van der Waals surface area contributed by atoms with Crippen LogP contribution in [0.5, 0.6) is 0 Å². The van der Waals surface area contributed by atoms with Gasteiger partial charge in [-0.1, -0.05) is 0 Å². The molecule has 0 fully saturated rings. The van der Waals surface area contributed by atoms with Crippen LogP contribution in [0.25, 0.3) is 0 Å². The quantitative estimate of drug-likeness (QED) is 0.590. The molecule has 0 rings (SSSR count). The van der Waals surface area contributed by atoms with Crippen LogP contribution in [0.15, 0.2) is 0 Å². The van der Waals surface area contributed by atoms with Crippen molar-refractivity contribution in [2.45, 2.75) is 45.3 Å². The Hall–Kier alpha value is -0.120. The van der Waals surface area contributed by atoms with E-state index < -0.39 is 5.60 Å². The first-order chi connectivity index (χ1) is 5.48. The van der Waals surface area contributed by atoms with Gasteiger partial charge in [0.1, 0.15) is 0 Å². The van der Waals surface area contributed by atoms with Crippen LogP contribution in [0.4, 0.5) is 0 Å². The molecular weight excluding hydrogens is 154 g/mol. The normalized spacial score (nSPS) is 16.5. The van der Waals surface area contributed by atoms with Gasteiger partial charge in [-0.15, -0.1) is 0 Å². The van der Waals surface area contributed by atoms with Crippen molar-refractivity contribution in [2.24, 2.45) is 5.73 Å². The van der Waals surface area contributed by atoms with Crippen molar-refractivity contribution < 1.29 is 9.84 Å². The van der Waals surface area contributed by atoms with Crippen LogP contribution in [0.2, 0.25) is 0 Å². The fourth-order valence-electron chi connectivity index (χ4n) is 0.874. The van der Waals surface area contributed by atoms with Gasteiger partial charge in [0.05, 0.1) is 11.7 Å². The summed E-state index contributed by atoms with van der Waals surface area (Å²) in [6.07, 6.45) is 1.84. The molecule has 12 heavy (non-hydrogen) atoms. The Morgan fingerprint density at radius 3 is 2.50 bits per heavy atom. The average Bonchev–Trinajstić information content (AvgIpc) is 1.98. The molecule has 0 bridgehead atoms. The van der Waals surface area contributed by atoms with Gasteiger partial charge < -0.3 is 15.6 Å². The molecule has 3 heteroatoms. The lowest BCUT2D eigenvalue weighted by Crippen LogP contribution is -2.34. The van der Waals surface area contributed by atoms with Crippen molar-refractivity contribution in [1.29, 1.82) is 0 Å². The molecule has 0 aromatic rings. The summed E-state index contributed by atoms with van der Waals surface area (Å²) in [5.74, 6) is 0. The van der Waals surface area contributed by atoms with Gasteiger partial charge in [0.25, 0.3) is 0 Å². The maximum Gasteiger partial charge on any atom is 0.0742 e. The molecule has 0 aliphatic heterocycles. The van der Waals surface area contributed by atoms with E-state index in [1.807, 2.05) is 13.8 Å². The Morgan fingerprint density at radius 1 is 1.50 bits per heavy atom. The summed E-state index contributed by atoms with van der Waals surface area (Å²) in [5.41, 5.74) is 4.64. The zero-order valence-electron chi connectivity index (χ0n) is 8.34. The smallest absolute Gasteiger partial charge is 0.0742 e. The highest BCUT2D eigenvalue weighted by Gasteiger charge is 2.16. The highest BCUT2D eigenvalue weighted by atomic mass is 16.5. The predicted molar refractivity (Wildman–Crippen MR) is 50.0 cm³/mol. The lowest BCUT2D eigenvalue weighted by atomic mass is 10.0. The van der Waals surface area contributed by atoms with Crippen LogP contribution in [0, 0.1) is 0 Å². The first kappa shape index (κ1) is 11.9. The van der Waals surface area contributed by atoms with E-state index in [1.165, 1.54) is 0 Å². The Bertz CT molecular complexity index is 113. The second kappa shape index (κ2) is 5.51. The molecule has 0 saturated heterocycles. The third-order valence-corrected chi connectivity index (χ3v) is 1.75. The summed E-state index contributed by atoms with van der Waals surface area (Å²) in [5, 5.41) is 9.51. The molecule has 0 radical (unpaired) electrons. The summed E-state index contributed by atoms with van der Waals surface area (Å²) in [6.45, 7) is 6.77. The average molecular weight is 175 g/mol. The molecule has 0 aliphatic rings. The first-order valence-electron chi connectivity index (χ1n) is 4.52. The molecule has 3 nitrogen and oxygen atoms in total. The Morgan fingerprint density at radius 2 is 2.08 bits per heavy atom. The highest BCUT2D eigenvalue weighted by Crippen LogP contribution is 2.09. The van der Waals surface area contributed by atoms with E-state index >= 15 is 0 Å². The SMILES string of the molecule is CC(C)OCCCC(C)(O)CN. The van der Waals surface area contributed by atoms with Crippen molar-refractivity contribution >= 4 is 0 Å². The Balaban J connectivity index is 3.31. The van der Waals surface area contributed by atoms with E-state index in [9.17, 15) is 5.11 Å². The maximum absolute atomic E-state index is 9.51. The largest absolute Gasteiger partial charge is 0.389 e. The fourth-order valence-corrected chi connectivity index (χ4v) is 0.874. The topological polar surface area (TPSA) is 55.5 Å². The van der Waals surface area contributed by atoms with Crippen LogP contribution in [0.1, 0.15) is 33.6 Å². The number of ether oxygens (including phenoxy) is 1. The van der Waals surface area contributed by atoms with Gasteiger partial charge in [0, 0.05) is 13.2 Å². The van der Waals surface area contributed by atoms with Gasteiger partial charge in [0.15, 0.2) is 0 Å². The molecule has 0 heterocycles. The third-order valence-electron chi connectivity index (χ3n) is 1.75. The van der Waals surface area contributed by atoms with Gasteiger partial charge in [-0.2, -0.15) is 0 Å².